The molecule has 1 N–H and O–H groups in total. The Bertz CT molecular complexity index is 658. The minimum atomic E-state index is -0.328. The molecule has 0 fully saturated rings. The van der Waals surface area contributed by atoms with Crippen LogP contribution in [0.4, 0.5) is 10.1 Å². The maximum atomic E-state index is 13.2. The van der Waals surface area contributed by atoms with E-state index in [1.807, 2.05) is 0 Å². The van der Waals surface area contributed by atoms with Gasteiger partial charge in [-0.2, -0.15) is 0 Å². The van der Waals surface area contributed by atoms with Crippen LogP contribution >= 0.6 is 15.9 Å². The second kappa shape index (κ2) is 6.05. The molecule has 0 aliphatic heterocycles. The molecule has 0 aliphatic carbocycles. The third-order valence-corrected chi connectivity index (χ3v) is 3.24. The van der Waals surface area contributed by atoms with Gasteiger partial charge < -0.3 is 10.1 Å². The highest BCUT2D eigenvalue weighted by Gasteiger charge is 2.09. The molecule has 2 aromatic carbocycles. The largest absolute Gasteiger partial charge is 0.497 e. The number of nitrogens with one attached hydrogen (secondary N) is 1. The Labute approximate surface area is 124 Å². The second-order valence-corrected chi connectivity index (χ2v) is 5.21. The first-order valence-corrected chi connectivity index (χ1v) is 6.71. The van der Waals surface area contributed by atoms with E-state index in [1.54, 1.807) is 32.2 Å². The number of benzene rings is 2. The number of hydrogen-bond acceptors (Lipinski definition) is 2. The maximum Gasteiger partial charge on any atom is 0.255 e. The van der Waals surface area contributed by atoms with Crippen molar-refractivity contribution in [2.24, 2.45) is 0 Å². The SMILES string of the molecule is COc1cc(Br)cc(NC(=O)c2ccc(F)c(C)c2)c1. The zero-order valence-corrected chi connectivity index (χ0v) is 12.6. The molecule has 0 saturated carbocycles. The first kappa shape index (κ1) is 14.5. The van der Waals surface area contributed by atoms with Crippen molar-refractivity contribution >= 4 is 27.5 Å². The smallest absolute Gasteiger partial charge is 0.255 e. The second-order valence-electron chi connectivity index (χ2n) is 4.30. The van der Waals surface area contributed by atoms with Crippen molar-refractivity contribution in [3.05, 3.63) is 57.8 Å². The summed E-state index contributed by atoms with van der Waals surface area (Å²) in [7, 11) is 1.55. The number of hydrogen-bond donors (Lipinski definition) is 1. The van der Waals surface area contributed by atoms with Crippen LogP contribution < -0.4 is 10.1 Å². The van der Waals surface area contributed by atoms with Gasteiger partial charge in [0.15, 0.2) is 0 Å². The Morgan fingerprint density at radius 1 is 1.25 bits per heavy atom. The van der Waals surface area contributed by atoms with E-state index in [4.69, 9.17) is 4.74 Å². The molecule has 0 spiro atoms. The summed E-state index contributed by atoms with van der Waals surface area (Å²) in [5, 5.41) is 2.75. The number of rotatable bonds is 3. The Kier molecular flexibility index (Phi) is 4.39. The Hall–Kier alpha value is -1.88. The van der Waals surface area contributed by atoms with E-state index < -0.39 is 0 Å². The lowest BCUT2D eigenvalue weighted by Crippen LogP contribution is -2.12. The summed E-state index contributed by atoms with van der Waals surface area (Å²) < 4.78 is 19.1. The first-order chi connectivity index (χ1) is 9.49. The lowest BCUT2D eigenvalue weighted by molar-refractivity contribution is 0.102. The van der Waals surface area contributed by atoms with Crippen LogP contribution in [-0.4, -0.2) is 13.0 Å². The van der Waals surface area contributed by atoms with E-state index in [-0.39, 0.29) is 11.7 Å². The number of halogens is 2. The van der Waals surface area contributed by atoms with Crippen molar-refractivity contribution in [1.29, 1.82) is 0 Å². The molecule has 0 saturated heterocycles. The zero-order valence-electron chi connectivity index (χ0n) is 11.0. The molecule has 0 unspecified atom stereocenters. The van der Waals surface area contributed by atoms with Gasteiger partial charge in [0.2, 0.25) is 0 Å². The average Bonchev–Trinajstić information content (AvgIpc) is 2.41. The fourth-order valence-corrected chi connectivity index (χ4v) is 2.21. The van der Waals surface area contributed by atoms with Gasteiger partial charge in [0, 0.05) is 21.8 Å². The predicted molar refractivity (Wildman–Crippen MR) is 79.8 cm³/mol. The molecule has 0 radical (unpaired) electrons. The summed E-state index contributed by atoms with van der Waals surface area (Å²) in [4.78, 5) is 12.1. The summed E-state index contributed by atoms with van der Waals surface area (Å²) in [6.07, 6.45) is 0. The normalized spacial score (nSPS) is 10.2. The van der Waals surface area contributed by atoms with Gasteiger partial charge in [-0.25, -0.2) is 4.39 Å². The summed E-state index contributed by atoms with van der Waals surface area (Å²) in [6.45, 7) is 1.62. The molecular weight excluding hydrogens is 325 g/mol. The van der Waals surface area contributed by atoms with E-state index in [0.717, 1.165) is 4.47 Å². The lowest BCUT2D eigenvalue weighted by Gasteiger charge is -2.09. The summed E-state index contributed by atoms with van der Waals surface area (Å²) in [5.41, 5.74) is 1.44. The van der Waals surface area contributed by atoms with Gasteiger partial charge in [0.25, 0.3) is 5.91 Å². The van der Waals surface area contributed by atoms with Crippen molar-refractivity contribution in [3.63, 3.8) is 0 Å². The van der Waals surface area contributed by atoms with E-state index in [9.17, 15) is 9.18 Å². The van der Waals surface area contributed by atoms with Gasteiger partial charge in [-0.15, -0.1) is 0 Å². The van der Waals surface area contributed by atoms with E-state index in [2.05, 4.69) is 21.2 Å². The molecule has 1 amide bonds. The molecule has 5 heteroatoms. The quantitative estimate of drug-likeness (QED) is 0.913. The lowest BCUT2D eigenvalue weighted by atomic mass is 10.1. The predicted octanol–water partition coefficient (Wildman–Crippen LogP) is 4.16. The summed E-state index contributed by atoms with van der Waals surface area (Å²) >= 11 is 3.34. The van der Waals surface area contributed by atoms with Crippen LogP contribution in [0.25, 0.3) is 0 Å². The number of amides is 1. The van der Waals surface area contributed by atoms with Gasteiger partial charge in [-0.05, 0) is 42.8 Å². The molecule has 0 atom stereocenters. The first-order valence-electron chi connectivity index (χ1n) is 5.91. The van der Waals surface area contributed by atoms with Crippen molar-refractivity contribution < 1.29 is 13.9 Å². The number of carbonyl (C=O) groups is 1. The number of carbonyl (C=O) groups excluding carboxylic acids is 1. The molecule has 0 aromatic heterocycles. The van der Waals surface area contributed by atoms with Crippen molar-refractivity contribution in [1.82, 2.24) is 0 Å². The van der Waals surface area contributed by atoms with Crippen LogP contribution in [0.3, 0.4) is 0 Å². The Morgan fingerprint density at radius 3 is 2.65 bits per heavy atom. The average molecular weight is 338 g/mol. The van der Waals surface area contributed by atoms with Crippen molar-refractivity contribution in [2.75, 3.05) is 12.4 Å². The number of ether oxygens (including phenoxy) is 1. The standard InChI is InChI=1S/C15H13BrFNO2/c1-9-5-10(3-4-14(9)17)15(19)18-12-6-11(16)7-13(8-12)20-2/h3-8H,1-2H3,(H,18,19). The third-order valence-electron chi connectivity index (χ3n) is 2.79. The van der Waals surface area contributed by atoms with Gasteiger partial charge in [0.1, 0.15) is 11.6 Å². The maximum absolute atomic E-state index is 13.2. The van der Waals surface area contributed by atoms with E-state index in [1.165, 1.54) is 18.2 Å². The number of anilines is 1. The van der Waals surface area contributed by atoms with Gasteiger partial charge in [0.05, 0.1) is 7.11 Å². The van der Waals surface area contributed by atoms with Crippen LogP contribution in [0.5, 0.6) is 5.75 Å². The Balaban J connectivity index is 2.23. The highest BCUT2D eigenvalue weighted by Crippen LogP contribution is 2.25. The van der Waals surface area contributed by atoms with Crippen LogP contribution in [0.2, 0.25) is 0 Å². The molecule has 104 valence electrons. The fraction of sp³-hybridized carbons (Fsp3) is 0.133. The highest BCUT2D eigenvalue weighted by molar-refractivity contribution is 9.10. The fourth-order valence-electron chi connectivity index (χ4n) is 1.74. The monoisotopic (exact) mass is 337 g/mol. The molecular formula is C15H13BrFNO2. The van der Waals surface area contributed by atoms with Crippen LogP contribution in [0.1, 0.15) is 15.9 Å². The minimum absolute atomic E-state index is 0.298. The summed E-state index contributed by atoms with van der Waals surface area (Å²) in [5.74, 6) is 0.00360. The van der Waals surface area contributed by atoms with Crippen LogP contribution in [0, 0.1) is 12.7 Å². The molecule has 0 aliphatic rings. The summed E-state index contributed by atoms with van der Waals surface area (Å²) in [6, 6.07) is 9.51. The molecule has 2 rings (SSSR count). The molecule has 0 heterocycles. The van der Waals surface area contributed by atoms with Crippen molar-refractivity contribution in [3.8, 4) is 5.75 Å². The number of methoxy groups -OCH3 is 1. The van der Waals surface area contributed by atoms with Crippen LogP contribution in [-0.2, 0) is 0 Å². The molecule has 3 nitrogen and oxygen atoms in total. The number of aryl methyl sites for hydroxylation is 1. The minimum Gasteiger partial charge on any atom is -0.497 e. The molecule has 20 heavy (non-hydrogen) atoms. The highest BCUT2D eigenvalue weighted by atomic mass is 79.9. The third kappa shape index (κ3) is 3.36. The van der Waals surface area contributed by atoms with Crippen molar-refractivity contribution in [2.45, 2.75) is 6.92 Å². The topological polar surface area (TPSA) is 38.3 Å². The van der Waals surface area contributed by atoms with Crippen LogP contribution in [0.15, 0.2) is 40.9 Å². The van der Waals surface area contributed by atoms with E-state index in [0.29, 0.717) is 22.6 Å². The molecule has 0 bridgehead atoms. The zero-order chi connectivity index (χ0) is 14.7. The Morgan fingerprint density at radius 2 is 2.00 bits per heavy atom. The van der Waals surface area contributed by atoms with E-state index >= 15 is 0 Å². The van der Waals surface area contributed by atoms with Gasteiger partial charge >= 0.3 is 0 Å². The van der Waals surface area contributed by atoms with Gasteiger partial charge in [-0.1, -0.05) is 15.9 Å². The van der Waals surface area contributed by atoms with Gasteiger partial charge in [-0.3, -0.25) is 4.79 Å². The molecule has 2 aromatic rings.